The van der Waals surface area contributed by atoms with Crippen molar-refractivity contribution in [3.8, 4) is 0 Å². The number of pyridine rings is 1. The monoisotopic (exact) mass is 319 g/mol. The van der Waals surface area contributed by atoms with E-state index in [1.165, 1.54) is 5.56 Å². The molecule has 2 aromatic heterocycles. The summed E-state index contributed by atoms with van der Waals surface area (Å²) in [6.45, 7) is 4.03. The van der Waals surface area contributed by atoms with Crippen LogP contribution in [0.25, 0.3) is 0 Å². The van der Waals surface area contributed by atoms with Crippen LogP contribution in [-0.4, -0.2) is 15.5 Å². The first-order valence-corrected chi connectivity index (χ1v) is 8.03. The average Bonchev–Trinajstić information content (AvgIpc) is 3.09. The third kappa shape index (κ3) is 3.90. The Balaban J connectivity index is 1.79. The molecule has 1 atom stereocenters. The van der Waals surface area contributed by atoms with Crippen LogP contribution in [0.2, 0.25) is 0 Å². The van der Waals surface area contributed by atoms with Crippen molar-refractivity contribution in [2.75, 3.05) is 5.32 Å². The maximum Gasteiger partial charge on any atom is 0.227 e. The van der Waals surface area contributed by atoms with Crippen molar-refractivity contribution in [2.24, 2.45) is 0 Å². The fourth-order valence-corrected chi connectivity index (χ4v) is 2.74. The van der Waals surface area contributed by atoms with Gasteiger partial charge in [-0.15, -0.1) is 0 Å². The number of amides is 1. The third-order valence-corrected chi connectivity index (χ3v) is 3.97. The molecule has 0 saturated heterocycles. The van der Waals surface area contributed by atoms with Crippen molar-refractivity contribution in [3.63, 3.8) is 0 Å². The molecule has 0 bridgehead atoms. The molecule has 0 aliphatic rings. The van der Waals surface area contributed by atoms with Crippen LogP contribution in [-0.2, 0) is 4.79 Å². The Morgan fingerprint density at radius 2 is 1.88 bits per heavy atom. The van der Waals surface area contributed by atoms with Crippen molar-refractivity contribution < 1.29 is 4.79 Å². The standard InChI is InChI=1S/C20H21N3O/c1-15-6-5-7-17(12-15)18(23-10-3-4-11-23)13-20(24)22-19-9-8-16(2)14-21-19/h3-12,14,18H,13H2,1-2H3,(H,21,22,24)/t18-/m0/s1. The van der Waals surface area contributed by atoms with E-state index in [0.717, 1.165) is 11.1 Å². The van der Waals surface area contributed by atoms with Crippen LogP contribution in [0, 0.1) is 13.8 Å². The summed E-state index contributed by atoms with van der Waals surface area (Å²) in [6.07, 6.45) is 6.09. The number of anilines is 1. The van der Waals surface area contributed by atoms with Crippen molar-refractivity contribution in [1.29, 1.82) is 0 Å². The third-order valence-electron chi connectivity index (χ3n) is 3.97. The van der Waals surface area contributed by atoms with E-state index >= 15 is 0 Å². The van der Waals surface area contributed by atoms with Crippen LogP contribution in [0.1, 0.15) is 29.2 Å². The summed E-state index contributed by atoms with van der Waals surface area (Å²) in [6, 6.07) is 16.0. The predicted octanol–water partition coefficient (Wildman–Crippen LogP) is 4.12. The van der Waals surface area contributed by atoms with Crippen LogP contribution in [0.15, 0.2) is 67.1 Å². The van der Waals surface area contributed by atoms with Gasteiger partial charge in [0.2, 0.25) is 5.91 Å². The van der Waals surface area contributed by atoms with Crippen LogP contribution in [0.3, 0.4) is 0 Å². The molecule has 1 N–H and O–H groups in total. The Hall–Kier alpha value is -2.88. The van der Waals surface area contributed by atoms with Crippen molar-refractivity contribution in [2.45, 2.75) is 26.3 Å². The second kappa shape index (κ2) is 7.13. The molecular formula is C20H21N3O. The van der Waals surface area contributed by atoms with Gasteiger partial charge in [0.25, 0.3) is 0 Å². The highest BCUT2D eigenvalue weighted by molar-refractivity contribution is 5.90. The summed E-state index contributed by atoms with van der Waals surface area (Å²) < 4.78 is 2.07. The van der Waals surface area contributed by atoms with E-state index in [9.17, 15) is 4.79 Å². The lowest BCUT2D eigenvalue weighted by molar-refractivity contribution is -0.116. The van der Waals surface area contributed by atoms with Crippen LogP contribution in [0.5, 0.6) is 0 Å². The Kier molecular flexibility index (Phi) is 4.75. The lowest BCUT2D eigenvalue weighted by atomic mass is 10.0. The zero-order chi connectivity index (χ0) is 16.9. The molecule has 1 amide bonds. The second-order valence-corrected chi connectivity index (χ2v) is 6.03. The Bertz CT molecular complexity index is 807. The quantitative estimate of drug-likeness (QED) is 0.769. The van der Waals surface area contributed by atoms with E-state index in [0.29, 0.717) is 12.2 Å². The van der Waals surface area contributed by atoms with Gasteiger partial charge in [-0.25, -0.2) is 4.98 Å². The van der Waals surface area contributed by atoms with E-state index in [2.05, 4.69) is 40.0 Å². The number of carbonyl (C=O) groups excluding carboxylic acids is 1. The van der Waals surface area contributed by atoms with Crippen molar-refractivity contribution >= 4 is 11.7 Å². The minimum absolute atomic E-state index is 0.0367. The van der Waals surface area contributed by atoms with E-state index in [4.69, 9.17) is 0 Å². The fourth-order valence-electron chi connectivity index (χ4n) is 2.74. The normalized spacial score (nSPS) is 11.9. The first-order valence-electron chi connectivity index (χ1n) is 8.03. The summed E-state index contributed by atoms with van der Waals surface area (Å²) in [5.41, 5.74) is 3.38. The van der Waals surface area contributed by atoms with Gasteiger partial charge in [-0.2, -0.15) is 0 Å². The minimum Gasteiger partial charge on any atom is -0.346 e. The van der Waals surface area contributed by atoms with Crippen molar-refractivity contribution in [1.82, 2.24) is 9.55 Å². The predicted molar refractivity (Wildman–Crippen MR) is 96.0 cm³/mol. The van der Waals surface area contributed by atoms with Crippen LogP contribution in [0.4, 0.5) is 5.82 Å². The molecule has 3 rings (SSSR count). The molecular weight excluding hydrogens is 298 g/mol. The molecule has 4 nitrogen and oxygen atoms in total. The van der Waals surface area contributed by atoms with Gasteiger partial charge in [-0.05, 0) is 43.2 Å². The number of rotatable bonds is 5. The van der Waals surface area contributed by atoms with E-state index in [-0.39, 0.29) is 11.9 Å². The number of hydrogen-bond acceptors (Lipinski definition) is 2. The summed E-state index contributed by atoms with van der Waals surface area (Å²) in [7, 11) is 0. The maximum absolute atomic E-state index is 12.5. The largest absolute Gasteiger partial charge is 0.346 e. The number of nitrogens with one attached hydrogen (secondary N) is 1. The summed E-state index contributed by atoms with van der Waals surface area (Å²) in [5, 5.41) is 2.88. The van der Waals surface area contributed by atoms with Gasteiger partial charge >= 0.3 is 0 Å². The van der Waals surface area contributed by atoms with Gasteiger partial charge < -0.3 is 9.88 Å². The SMILES string of the molecule is Cc1ccc(NC(=O)C[C@@H](c2cccc(C)c2)n2cccc2)nc1. The minimum atomic E-state index is -0.0495. The highest BCUT2D eigenvalue weighted by Crippen LogP contribution is 2.23. The number of hydrogen-bond donors (Lipinski definition) is 1. The van der Waals surface area contributed by atoms with Gasteiger partial charge in [0.1, 0.15) is 5.82 Å². The second-order valence-electron chi connectivity index (χ2n) is 6.03. The van der Waals surface area contributed by atoms with Gasteiger partial charge in [0, 0.05) is 18.6 Å². The molecule has 0 saturated carbocycles. The maximum atomic E-state index is 12.5. The zero-order valence-electron chi connectivity index (χ0n) is 13.9. The molecule has 122 valence electrons. The number of benzene rings is 1. The Labute approximate surface area is 142 Å². The first-order chi connectivity index (χ1) is 11.6. The van der Waals surface area contributed by atoms with Gasteiger partial charge in [-0.3, -0.25) is 4.79 Å². The molecule has 0 aliphatic carbocycles. The molecule has 0 unspecified atom stereocenters. The molecule has 4 heteroatoms. The summed E-state index contributed by atoms with van der Waals surface area (Å²) in [4.78, 5) is 16.7. The number of nitrogens with zero attached hydrogens (tertiary/aromatic N) is 2. The molecule has 0 radical (unpaired) electrons. The number of aryl methyl sites for hydroxylation is 2. The Morgan fingerprint density at radius 1 is 1.08 bits per heavy atom. The Morgan fingerprint density at radius 3 is 2.54 bits per heavy atom. The highest BCUT2D eigenvalue weighted by atomic mass is 16.1. The number of carbonyl (C=O) groups is 1. The zero-order valence-corrected chi connectivity index (χ0v) is 13.9. The lowest BCUT2D eigenvalue weighted by Gasteiger charge is -2.19. The lowest BCUT2D eigenvalue weighted by Crippen LogP contribution is -2.20. The van der Waals surface area contributed by atoms with Gasteiger partial charge in [0.05, 0.1) is 12.5 Å². The number of aromatic nitrogens is 2. The van der Waals surface area contributed by atoms with E-state index in [1.807, 2.05) is 49.6 Å². The van der Waals surface area contributed by atoms with Crippen molar-refractivity contribution in [3.05, 3.63) is 83.8 Å². The summed E-state index contributed by atoms with van der Waals surface area (Å²) >= 11 is 0. The fraction of sp³-hybridized carbons (Fsp3) is 0.200. The van der Waals surface area contributed by atoms with E-state index in [1.54, 1.807) is 6.20 Å². The van der Waals surface area contributed by atoms with E-state index < -0.39 is 0 Å². The molecule has 2 heterocycles. The van der Waals surface area contributed by atoms with Crippen LogP contribution < -0.4 is 5.32 Å². The average molecular weight is 319 g/mol. The van der Waals surface area contributed by atoms with Crippen LogP contribution >= 0.6 is 0 Å². The highest BCUT2D eigenvalue weighted by Gasteiger charge is 2.17. The van der Waals surface area contributed by atoms with Gasteiger partial charge in [0.15, 0.2) is 0 Å². The molecule has 3 aromatic rings. The molecule has 1 aromatic carbocycles. The topological polar surface area (TPSA) is 46.9 Å². The van der Waals surface area contributed by atoms with Gasteiger partial charge in [-0.1, -0.05) is 35.9 Å². The molecule has 0 fully saturated rings. The molecule has 0 spiro atoms. The smallest absolute Gasteiger partial charge is 0.227 e. The first kappa shape index (κ1) is 16.0. The summed E-state index contributed by atoms with van der Waals surface area (Å²) in [5.74, 6) is 0.535. The molecule has 0 aliphatic heterocycles. The molecule has 24 heavy (non-hydrogen) atoms.